The number of rotatable bonds is 0. The zero-order chi connectivity index (χ0) is 17.0. The van der Waals surface area contributed by atoms with Gasteiger partial charge in [-0.15, -0.1) is 0 Å². The lowest BCUT2D eigenvalue weighted by Gasteiger charge is -2.05. The fraction of sp³-hybridized carbons (Fsp3) is 0.632. The minimum absolute atomic E-state index is 0.761. The van der Waals surface area contributed by atoms with Crippen molar-refractivity contribution in [2.75, 3.05) is 39.5 Å². The molecule has 2 rings (SSSR count). The number of ether oxygens (including phenoxy) is 2. The maximum absolute atomic E-state index is 5.63. The Kier molecular flexibility index (Phi) is 8.63. The summed E-state index contributed by atoms with van der Waals surface area (Å²) in [6.45, 7) is 8.70. The summed E-state index contributed by atoms with van der Waals surface area (Å²) >= 11 is 0. The van der Waals surface area contributed by atoms with Gasteiger partial charge in [-0.3, -0.25) is 9.98 Å². The molecule has 0 radical (unpaired) electrons. The largest absolute Gasteiger partial charge is 0.381 e. The van der Waals surface area contributed by atoms with E-state index in [4.69, 9.17) is 9.47 Å². The average molecular weight is 331 g/mol. The monoisotopic (exact) mass is 331 g/mol. The van der Waals surface area contributed by atoms with Gasteiger partial charge in [0.2, 0.25) is 0 Å². The van der Waals surface area contributed by atoms with Gasteiger partial charge in [-0.1, -0.05) is 6.07 Å². The van der Waals surface area contributed by atoms with E-state index in [0.29, 0.717) is 0 Å². The predicted octanol–water partition coefficient (Wildman–Crippen LogP) is 3.31. The van der Waals surface area contributed by atoms with E-state index >= 15 is 0 Å². The third-order valence-corrected chi connectivity index (χ3v) is 3.91. The number of aliphatic imine (C=N–C) groups is 2. The van der Waals surface area contributed by atoms with Crippen LogP contribution in [0.2, 0.25) is 0 Å². The molecular formula is C19H29N3O2. The Labute approximate surface area is 145 Å². The van der Waals surface area contributed by atoms with E-state index in [1.165, 1.54) is 0 Å². The number of hydrogen-bond donors (Lipinski definition) is 0. The molecule has 0 N–H and O–H groups in total. The van der Waals surface area contributed by atoms with E-state index in [1.54, 1.807) is 0 Å². The van der Waals surface area contributed by atoms with Crippen molar-refractivity contribution in [1.29, 1.82) is 0 Å². The second-order valence-electron chi connectivity index (χ2n) is 5.98. The second-order valence-corrected chi connectivity index (χ2v) is 5.98. The highest BCUT2D eigenvalue weighted by Crippen LogP contribution is 2.04. The molecule has 5 nitrogen and oxygen atoms in total. The first kappa shape index (κ1) is 18.7. The van der Waals surface area contributed by atoms with Gasteiger partial charge in [0.1, 0.15) is 0 Å². The molecule has 1 aliphatic rings. The Morgan fingerprint density at radius 2 is 1.17 bits per heavy atom. The summed E-state index contributed by atoms with van der Waals surface area (Å²) in [7, 11) is 0. The van der Waals surface area contributed by atoms with Gasteiger partial charge >= 0.3 is 0 Å². The van der Waals surface area contributed by atoms with Gasteiger partial charge in [0.25, 0.3) is 0 Å². The fourth-order valence-corrected chi connectivity index (χ4v) is 2.44. The Hall–Kier alpha value is -1.59. The molecule has 2 heterocycles. The Bertz CT molecular complexity index is 510. The van der Waals surface area contributed by atoms with Crippen molar-refractivity contribution in [3.8, 4) is 0 Å². The molecule has 0 aromatic carbocycles. The van der Waals surface area contributed by atoms with Crippen LogP contribution in [0, 0.1) is 0 Å². The zero-order valence-corrected chi connectivity index (χ0v) is 15.0. The van der Waals surface area contributed by atoms with E-state index in [-0.39, 0.29) is 0 Å². The first-order valence-electron chi connectivity index (χ1n) is 8.93. The zero-order valence-electron chi connectivity index (χ0n) is 15.0. The van der Waals surface area contributed by atoms with Gasteiger partial charge in [-0.25, -0.2) is 4.98 Å². The summed E-state index contributed by atoms with van der Waals surface area (Å²) in [5.41, 5.74) is 3.78. The van der Waals surface area contributed by atoms with Gasteiger partial charge in [0.05, 0.1) is 22.8 Å². The van der Waals surface area contributed by atoms with Crippen LogP contribution in [0.25, 0.3) is 0 Å². The average Bonchev–Trinajstić information content (AvgIpc) is 2.61. The van der Waals surface area contributed by atoms with E-state index < -0.39 is 0 Å². The van der Waals surface area contributed by atoms with Crippen LogP contribution in [0.4, 0.5) is 0 Å². The number of nitrogens with zero attached hydrogens (tertiary/aromatic N) is 3. The Morgan fingerprint density at radius 1 is 0.708 bits per heavy atom. The molecule has 2 bridgehead atoms. The maximum Gasteiger partial charge on any atom is 0.0845 e. The predicted molar refractivity (Wildman–Crippen MR) is 98.5 cm³/mol. The lowest BCUT2D eigenvalue weighted by molar-refractivity contribution is 0.102. The smallest absolute Gasteiger partial charge is 0.0845 e. The van der Waals surface area contributed by atoms with Gasteiger partial charge in [0.15, 0.2) is 0 Å². The van der Waals surface area contributed by atoms with Crippen molar-refractivity contribution in [1.82, 2.24) is 4.98 Å². The summed E-state index contributed by atoms with van der Waals surface area (Å²) in [6, 6.07) is 6.02. The first-order valence-corrected chi connectivity index (χ1v) is 8.93. The number of fused-ring (bicyclic) bond motifs is 2. The molecule has 0 amide bonds. The van der Waals surface area contributed by atoms with Crippen molar-refractivity contribution in [2.45, 2.75) is 39.5 Å². The third-order valence-electron chi connectivity index (χ3n) is 3.91. The summed E-state index contributed by atoms with van der Waals surface area (Å²) in [4.78, 5) is 13.9. The topological polar surface area (TPSA) is 56.1 Å². The minimum Gasteiger partial charge on any atom is -0.381 e. The highest BCUT2D eigenvalue weighted by molar-refractivity contribution is 6.00. The summed E-state index contributed by atoms with van der Waals surface area (Å²) in [5, 5.41) is 0. The molecule has 0 fully saturated rings. The molecule has 1 aliphatic heterocycles. The normalized spacial score (nSPS) is 19.4. The first-order chi connectivity index (χ1) is 11.8. The fourth-order valence-electron chi connectivity index (χ4n) is 2.44. The number of aromatic nitrogens is 1. The SMILES string of the molecule is CC1=NCCCOCCCCOCCCN=C(C)c2cccc1n2. The summed E-state index contributed by atoms with van der Waals surface area (Å²) in [6.07, 6.45) is 3.98. The van der Waals surface area contributed by atoms with Crippen LogP contribution in [0.1, 0.15) is 50.9 Å². The summed E-state index contributed by atoms with van der Waals surface area (Å²) in [5.74, 6) is 0. The van der Waals surface area contributed by atoms with Crippen LogP contribution < -0.4 is 0 Å². The van der Waals surface area contributed by atoms with Gasteiger partial charge in [-0.05, 0) is 51.7 Å². The maximum atomic E-state index is 5.63. The molecule has 0 saturated heterocycles. The quantitative estimate of drug-likeness (QED) is 0.733. The summed E-state index contributed by atoms with van der Waals surface area (Å²) < 4.78 is 11.3. The van der Waals surface area contributed by atoms with Crippen LogP contribution in [0.3, 0.4) is 0 Å². The van der Waals surface area contributed by atoms with E-state index in [9.17, 15) is 0 Å². The van der Waals surface area contributed by atoms with Crippen molar-refractivity contribution in [2.24, 2.45) is 9.98 Å². The number of pyridine rings is 1. The van der Waals surface area contributed by atoms with E-state index in [0.717, 1.165) is 88.0 Å². The van der Waals surface area contributed by atoms with Crippen LogP contribution in [0.5, 0.6) is 0 Å². The van der Waals surface area contributed by atoms with E-state index in [2.05, 4.69) is 15.0 Å². The Balaban J connectivity index is 2.04. The van der Waals surface area contributed by atoms with Crippen LogP contribution in [0.15, 0.2) is 28.2 Å². The molecule has 24 heavy (non-hydrogen) atoms. The molecule has 132 valence electrons. The van der Waals surface area contributed by atoms with Crippen molar-refractivity contribution >= 4 is 11.4 Å². The molecule has 1 aromatic heterocycles. The Morgan fingerprint density at radius 3 is 1.67 bits per heavy atom. The van der Waals surface area contributed by atoms with Crippen LogP contribution in [-0.4, -0.2) is 55.9 Å². The van der Waals surface area contributed by atoms with Crippen LogP contribution >= 0.6 is 0 Å². The minimum atomic E-state index is 0.761. The van der Waals surface area contributed by atoms with Crippen LogP contribution in [-0.2, 0) is 9.47 Å². The highest BCUT2D eigenvalue weighted by atomic mass is 16.5. The molecule has 0 saturated carbocycles. The third kappa shape index (κ3) is 6.89. The van der Waals surface area contributed by atoms with Crippen molar-refractivity contribution in [3.63, 3.8) is 0 Å². The lowest BCUT2D eigenvalue weighted by Crippen LogP contribution is -2.07. The standard InChI is InChI=1S/C19H29N3O2/c1-16-18-8-5-9-19(22-18)17(2)21-11-7-15-24-13-4-3-12-23-14-6-10-20-16/h5,8-9H,3-4,6-7,10-15H2,1-2H3. The lowest BCUT2D eigenvalue weighted by atomic mass is 10.2. The molecule has 0 atom stereocenters. The molecule has 1 aromatic rings. The van der Waals surface area contributed by atoms with Gasteiger partial charge < -0.3 is 9.47 Å². The van der Waals surface area contributed by atoms with Gasteiger partial charge in [0, 0.05) is 39.5 Å². The molecule has 0 spiro atoms. The highest BCUT2D eigenvalue weighted by Gasteiger charge is 2.04. The van der Waals surface area contributed by atoms with E-state index in [1.807, 2.05) is 32.0 Å². The molecular weight excluding hydrogens is 302 g/mol. The molecule has 0 unspecified atom stereocenters. The molecule has 5 heteroatoms. The van der Waals surface area contributed by atoms with Crippen molar-refractivity contribution < 1.29 is 9.47 Å². The van der Waals surface area contributed by atoms with Crippen molar-refractivity contribution in [3.05, 3.63) is 29.6 Å². The number of hydrogen-bond acceptors (Lipinski definition) is 5. The molecule has 0 aliphatic carbocycles. The second kappa shape index (κ2) is 11.0. The van der Waals surface area contributed by atoms with Gasteiger partial charge in [-0.2, -0.15) is 0 Å².